The van der Waals surface area contributed by atoms with Gasteiger partial charge in [-0.2, -0.15) is 0 Å². The first-order chi connectivity index (χ1) is 13.6. The molecule has 28 heavy (non-hydrogen) atoms. The van der Waals surface area contributed by atoms with E-state index in [1.165, 1.54) is 6.92 Å². The van der Waals surface area contributed by atoms with E-state index in [4.69, 9.17) is 18.9 Å². The molecule has 0 unspecified atom stereocenters. The first-order valence-corrected chi connectivity index (χ1v) is 8.94. The van der Waals surface area contributed by atoms with Gasteiger partial charge in [-0.05, 0) is 31.2 Å². The number of amides is 1. The monoisotopic (exact) mass is 381 g/mol. The molecule has 1 atom stereocenters. The van der Waals surface area contributed by atoms with E-state index in [9.17, 15) is 9.59 Å². The fraction of sp³-hybridized carbons (Fsp3) is 0.238. The number of anilines is 1. The summed E-state index contributed by atoms with van der Waals surface area (Å²) in [6.07, 6.45) is 0.742. The van der Waals surface area contributed by atoms with Gasteiger partial charge in [0.15, 0.2) is 17.6 Å². The fourth-order valence-corrected chi connectivity index (χ4v) is 2.89. The summed E-state index contributed by atoms with van der Waals surface area (Å²) >= 11 is 0. The summed E-state index contributed by atoms with van der Waals surface area (Å²) in [6, 6.07) is 12.5. The zero-order valence-electron chi connectivity index (χ0n) is 15.3. The Morgan fingerprint density at radius 1 is 1.00 bits per heavy atom. The van der Waals surface area contributed by atoms with Crippen molar-refractivity contribution in [3.8, 4) is 17.2 Å². The topological polar surface area (TPSA) is 83.1 Å². The molecule has 0 bridgehead atoms. The molecule has 1 N–H and O–H groups in total. The van der Waals surface area contributed by atoms with Crippen LogP contribution in [-0.2, 0) is 14.3 Å². The number of nitrogens with one attached hydrogen (secondary N) is 1. The Balaban J connectivity index is 1.38. The lowest BCUT2D eigenvalue weighted by atomic mass is 10.1. The molecule has 4 rings (SSSR count). The third-order valence-corrected chi connectivity index (χ3v) is 4.36. The summed E-state index contributed by atoms with van der Waals surface area (Å²) in [5.74, 6) is 0.885. The maximum Gasteiger partial charge on any atom is 0.338 e. The van der Waals surface area contributed by atoms with Crippen molar-refractivity contribution in [2.45, 2.75) is 13.0 Å². The van der Waals surface area contributed by atoms with Gasteiger partial charge >= 0.3 is 5.97 Å². The minimum Gasteiger partial charge on any atom is -0.488 e. The molecule has 0 saturated heterocycles. The predicted octanol–water partition coefficient (Wildman–Crippen LogP) is 2.80. The van der Waals surface area contributed by atoms with Crippen molar-refractivity contribution < 1.29 is 28.5 Å². The number of fused-ring (bicyclic) bond motifs is 2. The number of benzene rings is 2. The van der Waals surface area contributed by atoms with Crippen LogP contribution in [0.2, 0.25) is 0 Å². The van der Waals surface area contributed by atoms with Gasteiger partial charge in [0.2, 0.25) is 0 Å². The number of rotatable bonds is 4. The van der Waals surface area contributed by atoms with Crippen LogP contribution in [0.3, 0.4) is 0 Å². The second kappa shape index (κ2) is 7.64. The summed E-state index contributed by atoms with van der Waals surface area (Å²) in [4.78, 5) is 24.8. The van der Waals surface area contributed by atoms with Crippen molar-refractivity contribution in [3.63, 3.8) is 0 Å². The molecular weight excluding hydrogens is 362 g/mol. The summed E-state index contributed by atoms with van der Waals surface area (Å²) in [6.45, 7) is 2.57. The van der Waals surface area contributed by atoms with Crippen molar-refractivity contribution >= 4 is 23.6 Å². The van der Waals surface area contributed by atoms with E-state index < -0.39 is 18.0 Å². The van der Waals surface area contributed by atoms with Crippen molar-refractivity contribution in [1.82, 2.24) is 0 Å². The largest absolute Gasteiger partial charge is 0.488 e. The van der Waals surface area contributed by atoms with Gasteiger partial charge in [-0.25, -0.2) is 4.79 Å². The number of esters is 1. The molecule has 2 aliphatic rings. The lowest BCUT2D eigenvalue weighted by molar-refractivity contribution is -0.149. The van der Waals surface area contributed by atoms with E-state index in [2.05, 4.69) is 5.32 Å². The number of carbonyl (C=O) groups excluding carboxylic acids is 2. The molecule has 2 aromatic carbocycles. The average Bonchev–Trinajstić information content (AvgIpc) is 2.73. The normalized spacial score (nSPS) is 15.4. The second-order valence-electron chi connectivity index (χ2n) is 6.39. The van der Waals surface area contributed by atoms with Crippen LogP contribution in [0.5, 0.6) is 17.2 Å². The van der Waals surface area contributed by atoms with E-state index in [0.717, 1.165) is 5.56 Å². The van der Waals surface area contributed by atoms with Crippen molar-refractivity contribution in [3.05, 3.63) is 53.6 Å². The lowest BCUT2D eigenvalue weighted by Gasteiger charge is -2.20. The van der Waals surface area contributed by atoms with Crippen molar-refractivity contribution in [2.75, 3.05) is 25.1 Å². The standard InChI is InChI=1S/C21H19NO6/c1-13(20(23)22-16-6-7-18-19(11-16)26-9-8-25-18)28-21(24)15-10-14-4-2-3-5-17(14)27-12-15/h2-7,10-11,13H,8-9,12H2,1H3,(H,22,23)/t13-/m0/s1. The summed E-state index contributed by atoms with van der Waals surface area (Å²) in [5, 5.41) is 2.71. The molecule has 0 radical (unpaired) electrons. The van der Waals surface area contributed by atoms with Crippen LogP contribution < -0.4 is 19.5 Å². The molecule has 7 nitrogen and oxygen atoms in total. The Hall–Kier alpha value is -3.48. The highest BCUT2D eigenvalue weighted by Gasteiger charge is 2.24. The minimum atomic E-state index is -0.973. The average molecular weight is 381 g/mol. The smallest absolute Gasteiger partial charge is 0.338 e. The third kappa shape index (κ3) is 3.78. The number of para-hydroxylation sites is 1. The highest BCUT2D eigenvalue weighted by Crippen LogP contribution is 2.32. The van der Waals surface area contributed by atoms with Gasteiger partial charge in [0.25, 0.3) is 5.91 Å². The number of hydrogen-bond acceptors (Lipinski definition) is 6. The maximum atomic E-state index is 12.4. The van der Waals surface area contributed by atoms with Crippen LogP contribution in [-0.4, -0.2) is 37.8 Å². The Morgan fingerprint density at radius 2 is 1.79 bits per heavy atom. The van der Waals surface area contributed by atoms with Crippen LogP contribution >= 0.6 is 0 Å². The summed E-state index contributed by atoms with van der Waals surface area (Å²) in [7, 11) is 0. The van der Waals surface area contributed by atoms with Gasteiger partial charge in [-0.1, -0.05) is 18.2 Å². The maximum absolute atomic E-state index is 12.4. The van der Waals surface area contributed by atoms with Gasteiger partial charge in [-0.3, -0.25) is 4.79 Å². The quantitative estimate of drug-likeness (QED) is 0.820. The van der Waals surface area contributed by atoms with Gasteiger partial charge in [0.05, 0.1) is 5.57 Å². The molecule has 0 fully saturated rings. The van der Waals surface area contributed by atoms with E-state index in [1.807, 2.05) is 24.3 Å². The van der Waals surface area contributed by atoms with Gasteiger partial charge in [0.1, 0.15) is 25.6 Å². The molecule has 0 aromatic heterocycles. The Labute approximate surface area is 161 Å². The van der Waals surface area contributed by atoms with Crippen LogP contribution in [0, 0.1) is 0 Å². The Bertz CT molecular complexity index is 952. The molecule has 144 valence electrons. The van der Waals surface area contributed by atoms with E-state index in [0.29, 0.717) is 41.7 Å². The summed E-state index contributed by atoms with van der Waals surface area (Å²) < 4.78 is 21.8. The number of carbonyl (C=O) groups is 2. The van der Waals surface area contributed by atoms with Crippen LogP contribution in [0.25, 0.3) is 6.08 Å². The van der Waals surface area contributed by atoms with Crippen LogP contribution in [0.1, 0.15) is 12.5 Å². The predicted molar refractivity (Wildman–Crippen MR) is 102 cm³/mol. The third-order valence-electron chi connectivity index (χ3n) is 4.36. The van der Waals surface area contributed by atoms with Gasteiger partial charge in [0, 0.05) is 17.3 Å². The van der Waals surface area contributed by atoms with Crippen LogP contribution in [0.4, 0.5) is 5.69 Å². The second-order valence-corrected chi connectivity index (χ2v) is 6.39. The first-order valence-electron chi connectivity index (χ1n) is 8.94. The van der Waals surface area contributed by atoms with Crippen molar-refractivity contribution in [1.29, 1.82) is 0 Å². The first kappa shape index (κ1) is 17.9. The molecule has 2 heterocycles. The molecule has 0 spiro atoms. The van der Waals surface area contributed by atoms with Crippen molar-refractivity contribution in [2.24, 2.45) is 0 Å². The highest BCUT2D eigenvalue weighted by atomic mass is 16.6. The molecule has 2 aromatic rings. The zero-order valence-corrected chi connectivity index (χ0v) is 15.3. The molecule has 0 aliphatic carbocycles. The molecular formula is C21H19NO6. The van der Waals surface area contributed by atoms with Gasteiger partial charge in [-0.15, -0.1) is 0 Å². The van der Waals surface area contributed by atoms with Crippen LogP contribution in [0.15, 0.2) is 48.0 Å². The molecule has 2 aliphatic heterocycles. The molecule has 7 heteroatoms. The summed E-state index contributed by atoms with van der Waals surface area (Å²) in [5.41, 5.74) is 1.69. The fourth-order valence-electron chi connectivity index (χ4n) is 2.89. The molecule has 0 saturated carbocycles. The minimum absolute atomic E-state index is 0.104. The SMILES string of the molecule is C[C@H](OC(=O)C1=Cc2ccccc2OC1)C(=O)Nc1ccc2c(c1)OCCO2. The Morgan fingerprint density at radius 3 is 2.64 bits per heavy atom. The van der Waals surface area contributed by atoms with E-state index >= 15 is 0 Å². The van der Waals surface area contributed by atoms with E-state index in [1.54, 1.807) is 24.3 Å². The molecule has 1 amide bonds. The van der Waals surface area contributed by atoms with E-state index in [-0.39, 0.29) is 6.61 Å². The Kier molecular flexibility index (Phi) is 4.89. The lowest BCUT2D eigenvalue weighted by Crippen LogP contribution is -2.31. The highest BCUT2D eigenvalue weighted by molar-refractivity contribution is 5.99. The number of ether oxygens (including phenoxy) is 4. The number of hydrogen-bond donors (Lipinski definition) is 1. The zero-order chi connectivity index (χ0) is 19.5. The van der Waals surface area contributed by atoms with Gasteiger partial charge < -0.3 is 24.3 Å².